The summed E-state index contributed by atoms with van der Waals surface area (Å²) in [5, 5.41) is 11.6. The van der Waals surface area contributed by atoms with E-state index in [-0.39, 0.29) is 17.9 Å². The average molecular weight is 270 g/mol. The molecule has 1 heterocycles. The van der Waals surface area contributed by atoms with Crippen LogP contribution in [-0.4, -0.2) is 28.0 Å². The van der Waals surface area contributed by atoms with Crippen LogP contribution < -0.4 is 5.32 Å². The van der Waals surface area contributed by atoms with Crippen LogP contribution in [0.15, 0.2) is 11.7 Å². The number of amides is 1. The van der Waals surface area contributed by atoms with Crippen molar-refractivity contribution in [3.05, 3.63) is 16.6 Å². The van der Waals surface area contributed by atoms with Crippen LogP contribution in [0.1, 0.15) is 42.8 Å². The van der Waals surface area contributed by atoms with Gasteiger partial charge in [0.2, 0.25) is 0 Å². The van der Waals surface area contributed by atoms with Crippen molar-refractivity contribution in [2.45, 2.75) is 39.2 Å². The van der Waals surface area contributed by atoms with Crippen molar-refractivity contribution >= 4 is 23.2 Å². The van der Waals surface area contributed by atoms with Gasteiger partial charge >= 0.3 is 5.97 Å². The number of carboxylic acids is 1. The summed E-state index contributed by atoms with van der Waals surface area (Å²) >= 11 is 1.30. The summed E-state index contributed by atoms with van der Waals surface area (Å²) in [6, 6.07) is 0.0422. The van der Waals surface area contributed by atoms with Gasteiger partial charge in [0.05, 0.1) is 17.6 Å². The number of hydrogen-bond acceptors (Lipinski definition) is 4. The van der Waals surface area contributed by atoms with Crippen LogP contribution >= 0.6 is 11.3 Å². The van der Waals surface area contributed by atoms with Gasteiger partial charge in [0.1, 0.15) is 4.88 Å². The largest absolute Gasteiger partial charge is 0.481 e. The molecule has 0 fully saturated rings. The number of aromatic nitrogens is 1. The molecule has 0 saturated heterocycles. The summed E-state index contributed by atoms with van der Waals surface area (Å²) in [6.07, 6.45) is 3.75. The van der Waals surface area contributed by atoms with E-state index in [1.807, 2.05) is 6.92 Å². The van der Waals surface area contributed by atoms with E-state index in [2.05, 4.69) is 10.3 Å². The highest BCUT2D eigenvalue weighted by Gasteiger charge is 2.13. The summed E-state index contributed by atoms with van der Waals surface area (Å²) in [6.45, 7) is 3.62. The summed E-state index contributed by atoms with van der Waals surface area (Å²) < 4.78 is 0. The van der Waals surface area contributed by atoms with Crippen LogP contribution in [0, 0.1) is 5.92 Å². The summed E-state index contributed by atoms with van der Waals surface area (Å²) in [5.74, 6) is -1.21. The molecule has 6 heteroatoms. The second-order valence-electron chi connectivity index (χ2n) is 4.41. The van der Waals surface area contributed by atoms with Crippen LogP contribution in [0.5, 0.6) is 0 Å². The van der Waals surface area contributed by atoms with Crippen LogP contribution in [0.3, 0.4) is 0 Å². The number of nitrogens with one attached hydrogen (secondary N) is 1. The fourth-order valence-corrected chi connectivity index (χ4v) is 2.07. The highest BCUT2D eigenvalue weighted by molar-refractivity contribution is 7.11. The fourth-order valence-electron chi connectivity index (χ4n) is 1.55. The Hall–Kier alpha value is -1.43. The Morgan fingerprint density at radius 2 is 2.17 bits per heavy atom. The third-order valence-corrected chi connectivity index (χ3v) is 3.50. The number of carboxylic acid groups (broad SMARTS) is 1. The topological polar surface area (TPSA) is 79.3 Å². The minimum absolute atomic E-state index is 0.0422. The van der Waals surface area contributed by atoms with E-state index in [1.54, 1.807) is 18.6 Å². The number of carbonyl (C=O) groups excluding carboxylic acids is 1. The maximum Gasteiger partial charge on any atom is 0.306 e. The lowest BCUT2D eigenvalue weighted by atomic mass is 10.0. The van der Waals surface area contributed by atoms with Crippen LogP contribution in [0.4, 0.5) is 0 Å². The molecule has 18 heavy (non-hydrogen) atoms. The molecule has 0 aromatic carbocycles. The number of thiazole rings is 1. The van der Waals surface area contributed by atoms with E-state index >= 15 is 0 Å². The standard InChI is InChI=1S/C12H18N2O3S/c1-8(12(16)17)4-3-5-9(2)14-11(15)10-6-13-7-18-10/h6-9H,3-5H2,1-2H3,(H,14,15)(H,16,17). The minimum atomic E-state index is -0.767. The Labute approximate surface area is 110 Å². The second-order valence-corrected chi connectivity index (χ2v) is 5.30. The predicted molar refractivity (Wildman–Crippen MR) is 69.7 cm³/mol. The number of hydrogen-bond donors (Lipinski definition) is 2. The SMILES string of the molecule is CC(CCCC(C)C(=O)O)NC(=O)c1cncs1. The molecule has 0 aliphatic carbocycles. The molecule has 2 atom stereocenters. The van der Waals surface area contributed by atoms with E-state index in [0.29, 0.717) is 11.3 Å². The summed E-state index contributed by atoms with van der Waals surface area (Å²) in [7, 11) is 0. The lowest BCUT2D eigenvalue weighted by Gasteiger charge is -2.13. The number of carbonyl (C=O) groups is 2. The maximum absolute atomic E-state index is 11.7. The van der Waals surface area contributed by atoms with Gasteiger partial charge in [-0.1, -0.05) is 13.3 Å². The van der Waals surface area contributed by atoms with E-state index in [1.165, 1.54) is 11.3 Å². The fraction of sp³-hybridized carbons (Fsp3) is 0.583. The molecule has 0 saturated carbocycles. The van der Waals surface area contributed by atoms with Crippen molar-refractivity contribution in [3.63, 3.8) is 0 Å². The molecule has 2 unspecified atom stereocenters. The zero-order valence-electron chi connectivity index (χ0n) is 10.5. The maximum atomic E-state index is 11.7. The molecule has 0 aliphatic rings. The molecular weight excluding hydrogens is 252 g/mol. The molecule has 100 valence electrons. The van der Waals surface area contributed by atoms with E-state index in [9.17, 15) is 9.59 Å². The van der Waals surface area contributed by atoms with E-state index < -0.39 is 5.97 Å². The first-order valence-electron chi connectivity index (χ1n) is 5.93. The smallest absolute Gasteiger partial charge is 0.306 e. The van der Waals surface area contributed by atoms with Gasteiger partial charge < -0.3 is 10.4 Å². The van der Waals surface area contributed by atoms with Gasteiger partial charge in [0, 0.05) is 6.04 Å². The molecule has 0 radical (unpaired) electrons. The van der Waals surface area contributed by atoms with Gasteiger partial charge in [-0.05, 0) is 19.8 Å². The van der Waals surface area contributed by atoms with E-state index in [0.717, 1.165) is 12.8 Å². The molecule has 0 spiro atoms. The molecule has 5 nitrogen and oxygen atoms in total. The highest BCUT2D eigenvalue weighted by atomic mass is 32.1. The van der Waals surface area contributed by atoms with Crippen LogP contribution in [0.25, 0.3) is 0 Å². The molecular formula is C12H18N2O3S. The monoisotopic (exact) mass is 270 g/mol. The Morgan fingerprint density at radius 1 is 1.44 bits per heavy atom. The van der Waals surface area contributed by atoms with Crippen LogP contribution in [0.2, 0.25) is 0 Å². The van der Waals surface area contributed by atoms with Crippen molar-refractivity contribution < 1.29 is 14.7 Å². The summed E-state index contributed by atoms with van der Waals surface area (Å²) in [4.78, 5) is 26.8. The van der Waals surface area contributed by atoms with Crippen molar-refractivity contribution in [2.75, 3.05) is 0 Å². The molecule has 1 amide bonds. The normalized spacial score (nSPS) is 13.9. The molecule has 0 bridgehead atoms. The number of nitrogens with zero attached hydrogens (tertiary/aromatic N) is 1. The van der Waals surface area contributed by atoms with Crippen molar-refractivity contribution in [3.8, 4) is 0 Å². The predicted octanol–water partition coefficient (Wildman–Crippen LogP) is 2.15. The lowest BCUT2D eigenvalue weighted by Crippen LogP contribution is -2.32. The average Bonchev–Trinajstić information content (AvgIpc) is 2.81. The number of rotatable bonds is 7. The van der Waals surface area contributed by atoms with Crippen molar-refractivity contribution in [1.29, 1.82) is 0 Å². The Morgan fingerprint density at radius 3 is 2.72 bits per heavy atom. The minimum Gasteiger partial charge on any atom is -0.481 e. The van der Waals surface area contributed by atoms with Gasteiger partial charge in [0.25, 0.3) is 5.91 Å². The third kappa shape index (κ3) is 4.83. The molecule has 2 N–H and O–H groups in total. The molecule has 1 rings (SSSR count). The first kappa shape index (κ1) is 14.6. The van der Waals surface area contributed by atoms with E-state index in [4.69, 9.17) is 5.11 Å². The van der Waals surface area contributed by atoms with Gasteiger partial charge in [0.15, 0.2) is 0 Å². The van der Waals surface area contributed by atoms with Crippen molar-refractivity contribution in [1.82, 2.24) is 10.3 Å². The third-order valence-electron chi connectivity index (χ3n) is 2.73. The second kappa shape index (κ2) is 7.10. The Balaban J connectivity index is 2.24. The van der Waals surface area contributed by atoms with Gasteiger partial charge in [-0.25, -0.2) is 0 Å². The first-order valence-corrected chi connectivity index (χ1v) is 6.80. The van der Waals surface area contributed by atoms with Gasteiger partial charge in [-0.15, -0.1) is 11.3 Å². The zero-order chi connectivity index (χ0) is 13.5. The first-order chi connectivity index (χ1) is 8.50. The quantitative estimate of drug-likeness (QED) is 0.795. The molecule has 1 aromatic rings. The van der Waals surface area contributed by atoms with Gasteiger partial charge in [-0.3, -0.25) is 14.6 Å². The highest BCUT2D eigenvalue weighted by Crippen LogP contribution is 2.11. The lowest BCUT2D eigenvalue weighted by molar-refractivity contribution is -0.141. The number of aliphatic carboxylic acids is 1. The Bertz CT molecular complexity index is 392. The van der Waals surface area contributed by atoms with Crippen LogP contribution in [-0.2, 0) is 4.79 Å². The summed E-state index contributed by atoms with van der Waals surface area (Å²) in [5.41, 5.74) is 1.62. The molecule has 0 aliphatic heterocycles. The molecule has 1 aromatic heterocycles. The Kier molecular flexibility index (Phi) is 5.77. The van der Waals surface area contributed by atoms with Crippen molar-refractivity contribution in [2.24, 2.45) is 5.92 Å². The zero-order valence-corrected chi connectivity index (χ0v) is 11.4. The van der Waals surface area contributed by atoms with Gasteiger partial charge in [-0.2, -0.15) is 0 Å².